The average molecular weight is 313 g/mol. The van der Waals surface area contributed by atoms with Crippen LogP contribution in [0.5, 0.6) is 0 Å². The van der Waals surface area contributed by atoms with Gasteiger partial charge in [0.05, 0.1) is 5.69 Å². The van der Waals surface area contributed by atoms with Crippen LogP contribution < -0.4 is 5.32 Å². The van der Waals surface area contributed by atoms with Gasteiger partial charge in [-0.05, 0) is 19.3 Å². The van der Waals surface area contributed by atoms with Crippen molar-refractivity contribution >= 4 is 17.5 Å². The summed E-state index contributed by atoms with van der Waals surface area (Å²) < 4.78 is 0. The molecule has 2 N–H and O–H groups in total. The Bertz CT molecular complexity index is 455. The number of halogens is 1. The van der Waals surface area contributed by atoms with E-state index in [0.29, 0.717) is 24.7 Å². The van der Waals surface area contributed by atoms with Crippen LogP contribution in [0, 0.1) is 0 Å². The molecule has 1 saturated heterocycles. The molecule has 6 heteroatoms. The molecular weight excluding hydrogens is 288 g/mol. The molecule has 1 fully saturated rings. The van der Waals surface area contributed by atoms with E-state index in [2.05, 4.69) is 22.2 Å². The van der Waals surface area contributed by atoms with Crippen molar-refractivity contribution in [1.29, 1.82) is 0 Å². The molecule has 1 aliphatic heterocycles. The molecule has 0 radical (unpaired) electrons. The van der Waals surface area contributed by atoms with Gasteiger partial charge in [0, 0.05) is 39.0 Å². The Labute approximate surface area is 131 Å². The Morgan fingerprint density at radius 1 is 1.43 bits per heavy atom. The molecule has 1 aromatic rings. The lowest BCUT2D eigenvalue weighted by atomic mass is 10.2. The monoisotopic (exact) mass is 312 g/mol. The second-order valence-corrected chi connectivity index (χ2v) is 5.93. The average Bonchev–Trinajstić information content (AvgIpc) is 3.11. The van der Waals surface area contributed by atoms with Gasteiger partial charge in [0.25, 0.3) is 0 Å². The first-order valence-corrected chi connectivity index (χ1v) is 8.30. The zero-order valence-electron chi connectivity index (χ0n) is 12.8. The van der Waals surface area contributed by atoms with Crippen molar-refractivity contribution in [1.82, 2.24) is 20.2 Å². The number of rotatable bonds is 8. The number of carbonyl (C=O) groups is 1. The maximum Gasteiger partial charge on any atom is 0.223 e. The molecule has 2 rings (SSSR count). The quantitative estimate of drug-likeness (QED) is 0.725. The number of hydrogen-bond acceptors (Lipinski definition) is 3. The molecular formula is C15H25ClN4O. The summed E-state index contributed by atoms with van der Waals surface area (Å²) in [6, 6.07) is 0. The normalized spacial score (nSPS) is 14.9. The van der Waals surface area contributed by atoms with Gasteiger partial charge in [0.1, 0.15) is 5.82 Å². The fraction of sp³-hybridized carbons (Fsp3) is 0.733. The lowest BCUT2D eigenvalue weighted by Crippen LogP contribution is -2.30. The van der Waals surface area contributed by atoms with E-state index in [1.807, 2.05) is 4.90 Å². The van der Waals surface area contributed by atoms with Crippen LogP contribution in [0.25, 0.3) is 0 Å². The third-order valence-corrected chi connectivity index (χ3v) is 4.13. The summed E-state index contributed by atoms with van der Waals surface area (Å²) in [5, 5.41) is 3.80. The molecule has 1 aromatic heterocycles. The number of hydrogen-bond donors (Lipinski definition) is 2. The van der Waals surface area contributed by atoms with E-state index in [1.165, 1.54) is 0 Å². The highest BCUT2D eigenvalue weighted by Crippen LogP contribution is 2.14. The number of unbranched alkanes of at least 4 members (excludes halogenated alkanes) is 1. The maximum atomic E-state index is 11.9. The molecule has 0 aliphatic carbocycles. The first-order chi connectivity index (χ1) is 10.2. The van der Waals surface area contributed by atoms with Crippen molar-refractivity contribution in [2.24, 2.45) is 0 Å². The van der Waals surface area contributed by atoms with Crippen LogP contribution in [-0.2, 0) is 17.8 Å². The number of H-pyrrole nitrogens is 1. The Kier molecular flexibility index (Phi) is 6.51. The van der Waals surface area contributed by atoms with Gasteiger partial charge in [0.15, 0.2) is 5.15 Å². The van der Waals surface area contributed by atoms with Gasteiger partial charge in [-0.2, -0.15) is 0 Å². The van der Waals surface area contributed by atoms with Crippen LogP contribution in [0.3, 0.4) is 0 Å². The van der Waals surface area contributed by atoms with E-state index in [-0.39, 0.29) is 5.91 Å². The SMILES string of the molecule is CCCCc1nc(Cl)c(CNCCC(=O)N2CCCC2)[nH]1. The van der Waals surface area contributed by atoms with E-state index in [4.69, 9.17) is 11.6 Å². The first-order valence-electron chi connectivity index (χ1n) is 7.92. The van der Waals surface area contributed by atoms with Gasteiger partial charge in [-0.25, -0.2) is 4.98 Å². The molecule has 0 saturated carbocycles. The highest BCUT2D eigenvalue weighted by atomic mass is 35.5. The van der Waals surface area contributed by atoms with E-state index in [1.54, 1.807) is 0 Å². The summed E-state index contributed by atoms with van der Waals surface area (Å²) in [7, 11) is 0. The lowest BCUT2D eigenvalue weighted by molar-refractivity contribution is -0.130. The molecule has 1 aliphatic rings. The Hall–Kier alpha value is -1.07. The van der Waals surface area contributed by atoms with Crippen LogP contribution in [0.1, 0.15) is 50.5 Å². The van der Waals surface area contributed by atoms with Gasteiger partial charge in [0.2, 0.25) is 5.91 Å². The summed E-state index contributed by atoms with van der Waals surface area (Å²) in [6.07, 6.45) is 6.02. The number of aryl methyl sites for hydroxylation is 1. The number of likely N-dealkylation sites (tertiary alicyclic amines) is 1. The Morgan fingerprint density at radius 3 is 2.90 bits per heavy atom. The topological polar surface area (TPSA) is 61.0 Å². The predicted molar refractivity (Wildman–Crippen MR) is 84.3 cm³/mol. The van der Waals surface area contributed by atoms with Crippen molar-refractivity contribution in [3.8, 4) is 0 Å². The minimum atomic E-state index is 0.249. The first kappa shape index (κ1) is 16.3. The standard InChI is InChI=1S/C15H25ClN4O/c1-2-3-6-13-18-12(15(16)19-13)11-17-8-7-14(21)20-9-4-5-10-20/h17H,2-11H2,1H3,(H,18,19). The number of nitrogens with zero attached hydrogens (tertiary/aromatic N) is 2. The summed E-state index contributed by atoms with van der Waals surface area (Å²) in [5.74, 6) is 1.20. The zero-order valence-corrected chi connectivity index (χ0v) is 13.5. The lowest BCUT2D eigenvalue weighted by Gasteiger charge is -2.15. The minimum absolute atomic E-state index is 0.249. The van der Waals surface area contributed by atoms with Crippen molar-refractivity contribution in [3.05, 3.63) is 16.7 Å². The zero-order chi connectivity index (χ0) is 15.1. The van der Waals surface area contributed by atoms with E-state index in [0.717, 1.165) is 56.7 Å². The molecule has 0 spiro atoms. The van der Waals surface area contributed by atoms with Crippen molar-refractivity contribution in [3.63, 3.8) is 0 Å². The summed E-state index contributed by atoms with van der Waals surface area (Å²) in [4.78, 5) is 21.4. The number of aromatic amines is 1. The Balaban J connectivity index is 1.68. The van der Waals surface area contributed by atoms with Gasteiger partial charge < -0.3 is 15.2 Å². The molecule has 21 heavy (non-hydrogen) atoms. The number of imidazole rings is 1. The molecule has 1 amide bonds. The van der Waals surface area contributed by atoms with Gasteiger partial charge in [-0.1, -0.05) is 24.9 Å². The largest absolute Gasteiger partial charge is 0.344 e. The molecule has 2 heterocycles. The van der Waals surface area contributed by atoms with Crippen LogP contribution >= 0.6 is 11.6 Å². The van der Waals surface area contributed by atoms with Crippen molar-refractivity contribution in [2.75, 3.05) is 19.6 Å². The number of nitrogens with one attached hydrogen (secondary N) is 2. The molecule has 0 bridgehead atoms. The second-order valence-electron chi connectivity index (χ2n) is 5.57. The molecule has 5 nitrogen and oxygen atoms in total. The van der Waals surface area contributed by atoms with E-state index < -0.39 is 0 Å². The fourth-order valence-corrected chi connectivity index (χ4v) is 2.77. The van der Waals surface area contributed by atoms with Crippen LogP contribution in [0.2, 0.25) is 5.15 Å². The van der Waals surface area contributed by atoms with Crippen molar-refractivity contribution in [2.45, 2.75) is 52.0 Å². The van der Waals surface area contributed by atoms with Crippen LogP contribution in [0.4, 0.5) is 0 Å². The van der Waals surface area contributed by atoms with E-state index in [9.17, 15) is 4.79 Å². The molecule has 0 atom stereocenters. The smallest absolute Gasteiger partial charge is 0.223 e. The number of carbonyl (C=O) groups excluding carboxylic acids is 1. The van der Waals surface area contributed by atoms with E-state index >= 15 is 0 Å². The second kappa shape index (κ2) is 8.39. The number of aromatic nitrogens is 2. The van der Waals surface area contributed by atoms with Gasteiger partial charge in [-0.15, -0.1) is 0 Å². The summed E-state index contributed by atoms with van der Waals surface area (Å²) >= 11 is 6.11. The summed E-state index contributed by atoms with van der Waals surface area (Å²) in [5.41, 5.74) is 0.913. The van der Waals surface area contributed by atoms with Gasteiger partial charge in [-0.3, -0.25) is 4.79 Å². The predicted octanol–water partition coefficient (Wildman–Crippen LogP) is 2.51. The number of amides is 1. The fourth-order valence-electron chi connectivity index (χ4n) is 2.55. The third-order valence-electron chi connectivity index (χ3n) is 3.82. The van der Waals surface area contributed by atoms with Crippen molar-refractivity contribution < 1.29 is 4.79 Å². The highest BCUT2D eigenvalue weighted by Gasteiger charge is 2.17. The van der Waals surface area contributed by atoms with Crippen LogP contribution in [0.15, 0.2) is 0 Å². The van der Waals surface area contributed by atoms with Crippen LogP contribution in [-0.4, -0.2) is 40.4 Å². The maximum absolute atomic E-state index is 11.9. The Morgan fingerprint density at radius 2 is 2.19 bits per heavy atom. The summed E-state index contributed by atoms with van der Waals surface area (Å²) in [6.45, 7) is 5.31. The highest BCUT2D eigenvalue weighted by molar-refractivity contribution is 6.30. The third kappa shape index (κ3) is 5.00. The molecule has 0 unspecified atom stereocenters. The minimum Gasteiger partial charge on any atom is -0.344 e. The molecule has 0 aromatic carbocycles. The van der Waals surface area contributed by atoms with Gasteiger partial charge >= 0.3 is 0 Å². The molecule has 118 valence electrons.